The van der Waals surface area contributed by atoms with Crippen molar-refractivity contribution in [2.45, 2.75) is 25.7 Å². The zero-order valence-corrected chi connectivity index (χ0v) is 8.21. The van der Waals surface area contributed by atoms with Gasteiger partial charge < -0.3 is 0 Å². The molecule has 0 unspecified atom stereocenters. The number of allylic oxidation sites excluding steroid dienone is 6. The molecule has 0 atom stereocenters. The normalized spacial score (nSPS) is 18.6. The molecule has 0 aromatic carbocycles. The van der Waals surface area contributed by atoms with E-state index in [0.29, 0.717) is 6.08 Å². The molecule has 0 saturated heterocycles. The standard InChI is InChI=1S/C10H8F6/c1-6-7(9(11,12)13)4-2-3-5-8(6)10(14,15)16/h2-4H,5H2,1H3. The van der Waals surface area contributed by atoms with Gasteiger partial charge in [-0.05, 0) is 18.9 Å². The van der Waals surface area contributed by atoms with E-state index in [9.17, 15) is 26.3 Å². The molecule has 0 fully saturated rings. The maximum absolute atomic E-state index is 12.4. The van der Waals surface area contributed by atoms with Crippen LogP contribution in [0, 0.1) is 0 Å². The Morgan fingerprint density at radius 1 is 1.00 bits per heavy atom. The summed E-state index contributed by atoms with van der Waals surface area (Å²) in [6.07, 6.45) is -7.33. The van der Waals surface area contributed by atoms with E-state index in [2.05, 4.69) is 0 Å². The van der Waals surface area contributed by atoms with Crippen molar-refractivity contribution in [3.8, 4) is 0 Å². The van der Waals surface area contributed by atoms with E-state index in [-0.39, 0.29) is 0 Å². The van der Waals surface area contributed by atoms with Crippen LogP contribution in [0.15, 0.2) is 34.9 Å². The van der Waals surface area contributed by atoms with E-state index >= 15 is 0 Å². The van der Waals surface area contributed by atoms with E-state index < -0.39 is 35.5 Å². The first-order valence-corrected chi connectivity index (χ1v) is 4.35. The highest BCUT2D eigenvalue weighted by molar-refractivity contribution is 5.43. The molecule has 90 valence electrons. The minimum atomic E-state index is -4.77. The van der Waals surface area contributed by atoms with Crippen molar-refractivity contribution >= 4 is 0 Å². The Kier molecular flexibility index (Phi) is 3.21. The summed E-state index contributed by atoms with van der Waals surface area (Å²) in [6, 6.07) is 0. The smallest absolute Gasteiger partial charge is 0.166 e. The third kappa shape index (κ3) is 2.68. The predicted octanol–water partition coefficient (Wildman–Crippen LogP) is 4.31. The van der Waals surface area contributed by atoms with Gasteiger partial charge in [-0.1, -0.05) is 18.2 Å². The minimum absolute atomic E-state index is 0.536. The summed E-state index contributed by atoms with van der Waals surface area (Å²) in [5.41, 5.74) is -3.15. The van der Waals surface area contributed by atoms with Gasteiger partial charge in [0.2, 0.25) is 0 Å². The molecular weight excluding hydrogens is 234 g/mol. The van der Waals surface area contributed by atoms with Crippen molar-refractivity contribution in [3.05, 3.63) is 34.9 Å². The molecule has 0 amide bonds. The van der Waals surface area contributed by atoms with Gasteiger partial charge in [-0.3, -0.25) is 0 Å². The summed E-state index contributed by atoms with van der Waals surface area (Å²) in [4.78, 5) is 0. The Balaban J connectivity index is 3.30. The molecular formula is C10H8F6. The Morgan fingerprint density at radius 3 is 2.00 bits per heavy atom. The molecule has 6 heteroatoms. The van der Waals surface area contributed by atoms with E-state index in [0.717, 1.165) is 19.1 Å². The molecule has 0 saturated carbocycles. The zero-order chi connectivity index (χ0) is 12.6. The van der Waals surface area contributed by atoms with Crippen LogP contribution >= 0.6 is 0 Å². The van der Waals surface area contributed by atoms with Gasteiger partial charge in [0.15, 0.2) is 0 Å². The van der Waals surface area contributed by atoms with Crippen LogP contribution < -0.4 is 0 Å². The van der Waals surface area contributed by atoms with Crippen molar-refractivity contribution in [2.75, 3.05) is 0 Å². The van der Waals surface area contributed by atoms with Crippen LogP contribution in [0.2, 0.25) is 0 Å². The van der Waals surface area contributed by atoms with E-state index in [1.54, 1.807) is 0 Å². The Bertz CT molecular complexity index is 346. The Morgan fingerprint density at radius 2 is 1.56 bits per heavy atom. The summed E-state index contributed by atoms with van der Waals surface area (Å²) in [5.74, 6) is 0. The highest BCUT2D eigenvalue weighted by Crippen LogP contribution is 2.40. The fraction of sp³-hybridized carbons (Fsp3) is 0.400. The van der Waals surface area contributed by atoms with Crippen molar-refractivity contribution in [2.24, 2.45) is 0 Å². The second-order valence-electron chi connectivity index (χ2n) is 3.31. The fourth-order valence-corrected chi connectivity index (χ4v) is 1.43. The highest BCUT2D eigenvalue weighted by atomic mass is 19.4. The largest absolute Gasteiger partial charge is 0.416 e. The molecule has 1 rings (SSSR count). The topological polar surface area (TPSA) is 0 Å². The van der Waals surface area contributed by atoms with Crippen LogP contribution in [0.5, 0.6) is 0 Å². The number of halogens is 6. The van der Waals surface area contributed by atoms with Gasteiger partial charge in [0, 0.05) is 5.57 Å². The third-order valence-electron chi connectivity index (χ3n) is 2.23. The predicted molar refractivity (Wildman–Crippen MR) is 46.7 cm³/mol. The van der Waals surface area contributed by atoms with E-state index in [4.69, 9.17) is 0 Å². The molecule has 0 aliphatic heterocycles. The van der Waals surface area contributed by atoms with Gasteiger partial charge >= 0.3 is 12.4 Å². The van der Waals surface area contributed by atoms with Gasteiger partial charge in [-0.2, -0.15) is 26.3 Å². The lowest BCUT2D eigenvalue weighted by atomic mass is 10.00. The maximum Gasteiger partial charge on any atom is 0.416 e. The first-order valence-electron chi connectivity index (χ1n) is 4.35. The second-order valence-corrected chi connectivity index (χ2v) is 3.31. The van der Waals surface area contributed by atoms with Crippen LogP contribution in [0.25, 0.3) is 0 Å². The molecule has 16 heavy (non-hydrogen) atoms. The number of hydrogen-bond donors (Lipinski definition) is 0. The number of alkyl halides is 6. The first kappa shape index (κ1) is 12.9. The molecule has 0 spiro atoms. The average molecular weight is 242 g/mol. The highest BCUT2D eigenvalue weighted by Gasteiger charge is 2.41. The average Bonchev–Trinajstić information content (AvgIpc) is 2.23. The monoisotopic (exact) mass is 242 g/mol. The molecule has 0 N–H and O–H groups in total. The van der Waals surface area contributed by atoms with Crippen LogP contribution in [0.4, 0.5) is 26.3 Å². The van der Waals surface area contributed by atoms with E-state index in [1.807, 2.05) is 0 Å². The molecule has 0 bridgehead atoms. The summed E-state index contributed by atoms with van der Waals surface area (Å²) in [7, 11) is 0. The van der Waals surface area contributed by atoms with Crippen LogP contribution in [0.3, 0.4) is 0 Å². The Hall–Kier alpha value is -1.20. The molecule has 0 aromatic rings. The minimum Gasteiger partial charge on any atom is -0.166 e. The molecule has 0 nitrogen and oxygen atoms in total. The summed E-state index contributed by atoms with van der Waals surface area (Å²) in [6.45, 7) is 0.842. The lowest BCUT2D eigenvalue weighted by Crippen LogP contribution is -2.18. The van der Waals surface area contributed by atoms with Crippen molar-refractivity contribution in [3.63, 3.8) is 0 Å². The lowest BCUT2D eigenvalue weighted by molar-refractivity contribution is -0.0978. The van der Waals surface area contributed by atoms with Crippen LogP contribution in [0.1, 0.15) is 13.3 Å². The van der Waals surface area contributed by atoms with Gasteiger partial charge in [0.05, 0.1) is 5.57 Å². The van der Waals surface area contributed by atoms with Gasteiger partial charge in [-0.15, -0.1) is 0 Å². The zero-order valence-electron chi connectivity index (χ0n) is 8.21. The van der Waals surface area contributed by atoms with Crippen LogP contribution in [-0.4, -0.2) is 12.4 Å². The van der Waals surface area contributed by atoms with Crippen molar-refractivity contribution in [1.29, 1.82) is 0 Å². The Labute approximate surface area is 87.9 Å². The second kappa shape index (κ2) is 3.99. The summed E-state index contributed by atoms with van der Waals surface area (Å²) in [5, 5.41) is 0. The quantitative estimate of drug-likeness (QED) is 0.555. The number of hydrogen-bond acceptors (Lipinski definition) is 0. The lowest BCUT2D eigenvalue weighted by Gasteiger charge is -2.17. The van der Waals surface area contributed by atoms with Crippen molar-refractivity contribution in [1.82, 2.24) is 0 Å². The van der Waals surface area contributed by atoms with Gasteiger partial charge in [-0.25, -0.2) is 0 Å². The fourth-order valence-electron chi connectivity index (χ4n) is 1.43. The maximum atomic E-state index is 12.4. The molecule has 1 aliphatic carbocycles. The summed E-state index contributed by atoms with van der Waals surface area (Å²) >= 11 is 0. The molecule has 0 aromatic heterocycles. The first-order chi connectivity index (χ1) is 7.14. The molecule has 0 heterocycles. The van der Waals surface area contributed by atoms with Gasteiger partial charge in [0.25, 0.3) is 0 Å². The van der Waals surface area contributed by atoms with Gasteiger partial charge in [0.1, 0.15) is 0 Å². The third-order valence-corrected chi connectivity index (χ3v) is 2.23. The molecule has 1 aliphatic rings. The molecule has 0 radical (unpaired) electrons. The SMILES string of the molecule is CC1=C(C(F)(F)F)CC=CC=C1C(F)(F)F. The number of rotatable bonds is 0. The summed E-state index contributed by atoms with van der Waals surface area (Å²) < 4.78 is 74.6. The van der Waals surface area contributed by atoms with Crippen LogP contribution in [-0.2, 0) is 0 Å². The van der Waals surface area contributed by atoms with E-state index in [1.165, 1.54) is 0 Å². The van der Waals surface area contributed by atoms with Crippen molar-refractivity contribution < 1.29 is 26.3 Å².